The van der Waals surface area contributed by atoms with Gasteiger partial charge in [0.15, 0.2) is 5.16 Å². The minimum absolute atomic E-state index is 0.0220. The third-order valence-electron chi connectivity index (χ3n) is 2.58. The molecule has 6 heteroatoms. The SMILES string of the molecule is COCCCNC(=O)CSc1ncc2ccccn12. The second-order valence-corrected chi connectivity index (χ2v) is 4.96. The molecule has 0 saturated carbocycles. The van der Waals surface area contributed by atoms with Gasteiger partial charge in [-0.2, -0.15) is 0 Å². The number of carbonyl (C=O) groups is 1. The minimum atomic E-state index is 0.0220. The lowest BCUT2D eigenvalue weighted by Crippen LogP contribution is -2.26. The zero-order valence-electron chi connectivity index (χ0n) is 10.8. The number of nitrogens with zero attached hydrogens (tertiary/aromatic N) is 2. The van der Waals surface area contributed by atoms with Gasteiger partial charge in [0.05, 0.1) is 17.5 Å². The molecule has 5 nitrogen and oxygen atoms in total. The lowest BCUT2D eigenvalue weighted by Gasteiger charge is -2.04. The molecule has 0 atom stereocenters. The number of hydrogen-bond acceptors (Lipinski definition) is 4. The highest BCUT2D eigenvalue weighted by atomic mass is 32.2. The molecule has 0 aliphatic rings. The Hall–Kier alpha value is -1.53. The van der Waals surface area contributed by atoms with Crippen LogP contribution in [-0.4, -0.2) is 41.3 Å². The number of carbonyl (C=O) groups excluding carboxylic acids is 1. The number of nitrogens with one attached hydrogen (secondary N) is 1. The maximum atomic E-state index is 11.6. The molecule has 2 aromatic rings. The summed E-state index contributed by atoms with van der Waals surface area (Å²) in [6.07, 6.45) is 4.58. The van der Waals surface area contributed by atoms with Crippen molar-refractivity contribution < 1.29 is 9.53 Å². The van der Waals surface area contributed by atoms with Crippen LogP contribution >= 0.6 is 11.8 Å². The molecule has 0 unspecified atom stereocenters. The van der Waals surface area contributed by atoms with Gasteiger partial charge in [-0.15, -0.1) is 0 Å². The van der Waals surface area contributed by atoms with E-state index in [9.17, 15) is 4.79 Å². The average Bonchev–Trinajstić information content (AvgIpc) is 2.85. The minimum Gasteiger partial charge on any atom is -0.385 e. The summed E-state index contributed by atoms with van der Waals surface area (Å²) in [5, 5.41) is 3.69. The van der Waals surface area contributed by atoms with Gasteiger partial charge < -0.3 is 10.1 Å². The van der Waals surface area contributed by atoms with Gasteiger partial charge >= 0.3 is 0 Å². The third-order valence-corrected chi connectivity index (χ3v) is 3.55. The van der Waals surface area contributed by atoms with E-state index in [4.69, 9.17) is 4.74 Å². The van der Waals surface area contributed by atoms with Crippen LogP contribution in [0.15, 0.2) is 35.7 Å². The Kier molecular flexibility index (Phi) is 5.23. The number of hydrogen-bond donors (Lipinski definition) is 1. The van der Waals surface area contributed by atoms with E-state index in [1.54, 1.807) is 13.3 Å². The standard InChI is InChI=1S/C13H17N3O2S/c1-18-8-4-6-14-12(17)10-19-13-15-9-11-5-2-3-7-16(11)13/h2-3,5,7,9H,4,6,8,10H2,1H3,(H,14,17). The van der Waals surface area contributed by atoms with E-state index in [2.05, 4.69) is 10.3 Å². The van der Waals surface area contributed by atoms with E-state index in [-0.39, 0.29) is 5.91 Å². The molecule has 0 aliphatic heterocycles. The van der Waals surface area contributed by atoms with Crippen molar-refractivity contribution in [3.8, 4) is 0 Å². The maximum absolute atomic E-state index is 11.6. The molecule has 2 rings (SSSR count). The van der Waals surface area contributed by atoms with Crippen molar-refractivity contribution in [3.05, 3.63) is 30.6 Å². The van der Waals surface area contributed by atoms with Crippen molar-refractivity contribution in [1.29, 1.82) is 0 Å². The third kappa shape index (κ3) is 3.97. The van der Waals surface area contributed by atoms with Crippen molar-refractivity contribution in [1.82, 2.24) is 14.7 Å². The van der Waals surface area contributed by atoms with Crippen LogP contribution < -0.4 is 5.32 Å². The second-order valence-electron chi connectivity index (χ2n) is 4.02. The Labute approximate surface area is 116 Å². The van der Waals surface area contributed by atoms with Crippen LogP contribution in [0.3, 0.4) is 0 Å². The Morgan fingerprint density at radius 1 is 1.53 bits per heavy atom. The molecule has 0 radical (unpaired) electrons. The van der Waals surface area contributed by atoms with Gasteiger partial charge in [-0.3, -0.25) is 9.20 Å². The number of methoxy groups -OCH3 is 1. The van der Waals surface area contributed by atoms with Crippen molar-refractivity contribution in [2.45, 2.75) is 11.6 Å². The summed E-state index contributed by atoms with van der Waals surface area (Å²) >= 11 is 1.44. The van der Waals surface area contributed by atoms with Crippen molar-refractivity contribution >= 4 is 23.2 Å². The first kappa shape index (κ1) is 13.9. The molecule has 0 fully saturated rings. The first-order chi connectivity index (χ1) is 9.31. The Balaban J connectivity index is 1.80. The summed E-state index contributed by atoms with van der Waals surface area (Å²) in [6.45, 7) is 1.31. The molecule has 0 saturated heterocycles. The van der Waals surface area contributed by atoms with Gasteiger partial charge in [0.25, 0.3) is 0 Å². The van der Waals surface area contributed by atoms with Crippen LogP contribution in [0, 0.1) is 0 Å². The number of rotatable bonds is 7. The van der Waals surface area contributed by atoms with Crippen LogP contribution in [0.25, 0.3) is 5.52 Å². The molecule has 1 N–H and O–H groups in total. The van der Waals surface area contributed by atoms with Crippen molar-refractivity contribution in [2.75, 3.05) is 26.0 Å². The fourth-order valence-corrected chi connectivity index (χ4v) is 2.45. The van der Waals surface area contributed by atoms with E-state index in [0.717, 1.165) is 17.1 Å². The van der Waals surface area contributed by atoms with Gasteiger partial charge in [0, 0.05) is 26.5 Å². The summed E-state index contributed by atoms with van der Waals surface area (Å²) in [5.41, 5.74) is 1.03. The fourth-order valence-electron chi connectivity index (χ4n) is 1.65. The highest BCUT2D eigenvalue weighted by Crippen LogP contribution is 2.17. The first-order valence-electron chi connectivity index (χ1n) is 6.12. The summed E-state index contributed by atoms with van der Waals surface area (Å²) in [6, 6.07) is 5.90. The summed E-state index contributed by atoms with van der Waals surface area (Å²) in [4.78, 5) is 15.9. The second kappa shape index (κ2) is 7.16. The zero-order valence-corrected chi connectivity index (χ0v) is 11.7. The molecule has 1 amide bonds. The lowest BCUT2D eigenvalue weighted by atomic mass is 10.4. The molecule has 0 spiro atoms. The van der Waals surface area contributed by atoms with E-state index < -0.39 is 0 Å². The smallest absolute Gasteiger partial charge is 0.230 e. The highest BCUT2D eigenvalue weighted by Gasteiger charge is 2.06. The van der Waals surface area contributed by atoms with Crippen LogP contribution in [0.1, 0.15) is 6.42 Å². The maximum Gasteiger partial charge on any atom is 0.230 e. The van der Waals surface area contributed by atoms with Gasteiger partial charge in [-0.25, -0.2) is 4.98 Å². The number of thioether (sulfide) groups is 1. The molecular weight excluding hydrogens is 262 g/mol. The number of aromatic nitrogens is 2. The van der Waals surface area contributed by atoms with Gasteiger partial charge in [0.2, 0.25) is 5.91 Å². The summed E-state index contributed by atoms with van der Waals surface area (Å²) in [5.74, 6) is 0.398. The number of pyridine rings is 1. The van der Waals surface area contributed by atoms with Crippen LogP contribution in [0.5, 0.6) is 0 Å². The summed E-state index contributed by atoms with van der Waals surface area (Å²) in [7, 11) is 1.65. The molecular formula is C13H17N3O2S. The van der Waals surface area contributed by atoms with E-state index in [1.165, 1.54) is 11.8 Å². The molecule has 0 aliphatic carbocycles. The zero-order chi connectivity index (χ0) is 13.5. The van der Waals surface area contributed by atoms with Crippen molar-refractivity contribution in [2.24, 2.45) is 0 Å². The Morgan fingerprint density at radius 3 is 3.26 bits per heavy atom. The van der Waals surface area contributed by atoms with Gasteiger partial charge in [0.1, 0.15) is 0 Å². The topological polar surface area (TPSA) is 55.6 Å². The van der Waals surface area contributed by atoms with E-state index >= 15 is 0 Å². The summed E-state index contributed by atoms with van der Waals surface area (Å²) < 4.78 is 6.90. The van der Waals surface area contributed by atoms with Crippen LogP contribution in [-0.2, 0) is 9.53 Å². The molecule has 19 heavy (non-hydrogen) atoms. The average molecular weight is 279 g/mol. The van der Waals surface area contributed by atoms with Crippen LogP contribution in [0.2, 0.25) is 0 Å². The highest BCUT2D eigenvalue weighted by molar-refractivity contribution is 7.99. The Morgan fingerprint density at radius 2 is 2.42 bits per heavy atom. The van der Waals surface area contributed by atoms with E-state index in [1.807, 2.05) is 28.8 Å². The first-order valence-corrected chi connectivity index (χ1v) is 7.10. The largest absolute Gasteiger partial charge is 0.385 e. The number of fused-ring (bicyclic) bond motifs is 1. The Bertz CT molecular complexity index is 541. The van der Waals surface area contributed by atoms with E-state index in [0.29, 0.717) is 18.9 Å². The number of imidazole rings is 1. The molecule has 2 heterocycles. The molecule has 102 valence electrons. The van der Waals surface area contributed by atoms with Gasteiger partial charge in [-0.1, -0.05) is 17.8 Å². The predicted octanol–water partition coefficient (Wildman–Crippen LogP) is 1.58. The molecule has 2 aromatic heterocycles. The monoisotopic (exact) mass is 279 g/mol. The van der Waals surface area contributed by atoms with Crippen molar-refractivity contribution in [3.63, 3.8) is 0 Å². The number of amides is 1. The quantitative estimate of drug-likeness (QED) is 0.617. The predicted molar refractivity (Wildman–Crippen MR) is 75.4 cm³/mol. The number of ether oxygens (including phenoxy) is 1. The molecule has 0 bridgehead atoms. The normalized spacial score (nSPS) is 10.8. The van der Waals surface area contributed by atoms with Gasteiger partial charge in [-0.05, 0) is 18.6 Å². The fraction of sp³-hybridized carbons (Fsp3) is 0.385. The lowest BCUT2D eigenvalue weighted by molar-refractivity contribution is -0.118. The van der Waals surface area contributed by atoms with Crippen LogP contribution in [0.4, 0.5) is 0 Å². The molecule has 0 aromatic carbocycles.